The standard InChI is InChI=1S/C14H8ClF3N2O3/c15-11-5-4-8(6-12(11)20(22)23)13(21)19-10-3-1-2-9(7-10)14(16,17)18/h1-7H,(H,19,21). The Morgan fingerprint density at radius 2 is 1.87 bits per heavy atom. The zero-order chi connectivity index (χ0) is 17.2. The van der Waals surface area contributed by atoms with Crippen LogP contribution in [0, 0.1) is 10.1 Å². The number of nitro benzene ring substituents is 1. The second-order valence-electron chi connectivity index (χ2n) is 4.46. The molecule has 0 radical (unpaired) electrons. The predicted molar refractivity (Wildman–Crippen MR) is 77.5 cm³/mol. The molecule has 0 spiro atoms. The van der Waals surface area contributed by atoms with Crippen LogP contribution in [-0.2, 0) is 6.18 Å². The van der Waals surface area contributed by atoms with Crippen LogP contribution in [0.25, 0.3) is 0 Å². The highest BCUT2D eigenvalue weighted by Crippen LogP contribution is 2.31. The molecule has 0 aliphatic heterocycles. The molecular formula is C14H8ClF3N2O3. The summed E-state index contributed by atoms with van der Waals surface area (Å²) in [6, 6.07) is 7.40. The number of nitrogens with one attached hydrogen (secondary N) is 1. The van der Waals surface area contributed by atoms with Crippen molar-refractivity contribution in [1.29, 1.82) is 0 Å². The maximum atomic E-state index is 12.6. The molecule has 2 aromatic rings. The number of alkyl halides is 3. The Morgan fingerprint density at radius 1 is 1.17 bits per heavy atom. The van der Waals surface area contributed by atoms with Gasteiger partial charge in [0.25, 0.3) is 11.6 Å². The second-order valence-corrected chi connectivity index (χ2v) is 4.86. The lowest BCUT2D eigenvalue weighted by Gasteiger charge is -2.10. The van der Waals surface area contributed by atoms with Crippen molar-refractivity contribution in [3.8, 4) is 0 Å². The average Bonchev–Trinajstić information content (AvgIpc) is 2.46. The highest BCUT2D eigenvalue weighted by Gasteiger charge is 2.30. The van der Waals surface area contributed by atoms with Gasteiger partial charge in [0.15, 0.2) is 0 Å². The van der Waals surface area contributed by atoms with Crippen molar-refractivity contribution in [1.82, 2.24) is 0 Å². The van der Waals surface area contributed by atoms with Crippen molar-refractivity contribution in [2.24, 2.45) is 0 Å². The first-order valence-electron chi connectivity index (χ1n) is 6.11. The van der Waals surface area contributed by atoms with Gasteiger partial charge in [-0.2, -0.15) is 13.2 Å². The minimum absolute atomic E-state index is 0.0811. The van der Waals surface area contributed by atoms with E-state index in [0.29, 0.717) is 0 Å². The van der Waals surface area contributed by atoms with E-state index < -0.39 is 28.3 Å². The first-order chi connectivity index (χ1) is 10.7. The lowest BCUT2D eigenvalue weighted by Crippen LogP contribution is -2.13. The molecule has 0 aromatic heterocycles. The van der Waals surface area contributed by atoms with E-state index in [9.17, 15) is 28.1 Å². The zero-order valence-corrected chi connectivity index (χ0v) is 12.0. The molecule has 0 atom stereocenters. The monoisotopic (exact) mass is 344 g/mol. The average molecular weight is 345 g/mol. The molecule has 0 unspecified atom stereocenters. The van der Waals surface area contributed by atoms with Gasteiger partial charge in [0.1, 0.15) is 5.02 Å². The summed E-state index contributed by atoms with van der Waals surface area (Å²) in [4.78, 5) is 22.0. The number of nitro groups is 1. The molecule has 2 aromatic carbocycles. The molecule has 0 heterocycles. The number of hydrogen-bond acceptors (Lipinski definition) is 3. The Morgan fingerprint density at radius 3 is 2.48 bits per heavy atom. The second kappa shape index (κ2) is 6.25. The number of benzene rings is 2. The van der Waals surface area contributed by atoms with Gasteiger partial charge in [0.2, 0.25) is 0 Å². The highest BCUT2D eigenvalue weighted by atomic mass is 35.5. The fourth-order valence-corrected chi connectivity index (χ4v) is 1.96. The fourth-order valence-electron chi connectivity index (χ4n) is 1.77. The van der Waals surface area contributed by atoms with Crippen LogP contribution in [0.15, 0.2) is 42.5 Å². The maximum Gasteiger partial charge on any atom is 0.416 e. The van der Waals surface area contributed by atoms with Crippen molar-refractivity contribution in [3.05, 3.63) is 68.7 Å². The van der Waals surface area contributed by atoms with Crippen molar-refractivity contribution < 1.29 is 22.9 Å². The van der Waals surface area contributed by atoms with Crippen molar-refractivity contribution in [2.75, 3.05) is 5.32 Å². The van der Waals surface area contributed by atoms with Crippen molar-refractivity contribution in [3.63, 3.8) is 0 Å². The summed E-state index contributed by atoms with van der Waals surface area (Å²) in [5, 5.41) is 12.9. The van der Waals surface area contributed by atoms with Crippen molar-refractivity contribution >= 4 is 28.9 Å². The molecule has 9 heteroatoms. The molecule has 0 aliphatic carbocycles. The number of amides is 1. The molecular weight excluding hydrogens is 337 g/mol. The van der Waals surface area contributed by atoms with E-state index in [1.165, 1.54) is 18.2 Å². The number of carbonyl (C=O) groups excluding carboxylic acids is 1. The number of rotatable bonds is 3. The summed E-state index contributed by atoms with van der Waals surface area (Å²) >= 11 is 5.63. The number of anilines is 1. The smallest absolute Gasteiger partial charge is 0.322 e. The van der Waals surface area contributed by atoms with Crippen LogP contribution in [-0.4, -0.2) is 10.8 Å². The van der Waals surface area contributed by atoms with E-state index in [2.05, 4.69) is 5.32 Å². The quantitative estimate of drug-likeness (QED) is 0.657. The number of nitrogens with zero attached hydrogens (tertiary/aromatic N) is 1. The Balaban J connectivity index is 2.26. The fraction of sp³-hybridized carbons (Fsp3) is 0.0714. The number of halogens is 4. The highest BCUT2D eigenvalue weighted by molar-refractivity contribution is 6.32. The lowest BCUT2D eigenvalue weighted by molar-refractivity contribution is -0.384. The van der Waals surface area contributed by atoms with Gasteiger partial charge in [0, 0.05) is 17.3 Å². The third-order valence-corrected chi connectivity index (χ3v) is 3.17. The van der Waals surface area contributed by atoms with Gasteiger partial charge in [-0.25, -0.2) is 0 Å². The van der Waals surface area contributed by atoms with E-state index in [0.717, 1.165) is 24.3 Å². The molecule has 0 saturated carbocycles. The molecule has 0 aliphatic rings. The molecule has 5 nitrogen and oxygen atoms in total. The van der Waals surface area contributed by atoms with Gasteiger partial charge in [-0.15, -0.1) is 0 Å². The predicted octanol–water partition coefficient (Wildman–Crippen LogP) is 4.52. The van der Waals surface area contributed by atoms with E-state index in [1.54, 1.807) is 0 Å². The van der Waals surface area contributed by atoms with Crippen LogP contribution >= 0.6 is 11.6 Å². The summed E-state index contributed by atoms with van der Waals surface area (Å²) in [7, 11) is 0. The van der Waals surface area contributed by atoms with Gasteiger partial charge in [-0.05, 0) is 30.3 Å². The Kier molecular flexibility index (Phi) is 4.55. The molecule has 1 amide bonds. The molecule has 2 rings (SSSR count). The van der Waals surface area contributed by atoms with Crippen LogP contribution in [0.1, 0.15) is 15.9 Å². The molecule has 120 valence electrons. The van der Waals surface area contributed by atoms with E-state index in [1.807, 2.05) is 0 Å². The largest absolute Gasteiger partial charge is 0.416 e. The number of carbonyl (C=O) groups is 1. The summed E-state index contributed by atoms with van der Waals surface area (Å²) < 4.78 is 37.8. The van der Waals surface area contributed by atoms with E-state index in [4.69, 9.17) is 11.6 Å². The minimum Gasteiger partial charge on any atom is -0.322 e. The van der Waals surface area contributed by atoms with Crippen LogP contribution in [0.4, 0.5) is 24.5 Å². The molecule has 23 heavy (non-hydrogen) atoms. The molecule has 1 N–H and O–H groups in total. The first kappa shape index (κ1) is 16.8. The maximum absolute atomic E-state index is 12.6. The zero-order valence-electron chi connectivity index (χ0n) is 11.2. The topological polar surface area (TPSA) is 72.2 Å². The van der Waals surface area contributed by atoms with Crippen LogP contribution in [0.3, 0.4) is 0 Å². The Labute approximate surface area is 132 Å². The van der Waals surface area contributed by atoms with Gasteiger partial charge in [-0.1, -0.05) is 17.7 Å². The van der Waals surface area contributed by atoms with Gasteiger partial charge < -0.3 is 5.32 Å². The Bertz CT molecular complexity index is 778. The SMILES string of the molecule is O=C(Nc1cccc(C(F)(F)F)c1)c1ccc(Cl)c([N+](=O)[O-])c1. The summed E-state index contributed by atoms with van der Waals surface area (Å²) in [6.07, 6.45) is -4.54. The van der Waals surface area contributed by atoms with E-state index >= 15 is 0 Å². The van der Waals surface area contributed by atoms with Gasteiger partial charge in [0.05, 0.1) is 10.5 Å². The van der Waals surface area contributed by atoms with Crippen LogP contribution in [0.5, 0.6) is 0 Å². The summed E-state index contributed by atoms with van der Waals surface area (Å²) in [6.45, 7) is 0. The van der Waals surface area contributed by atoms with Gasteiger partial charge in [-0.3, -0.25) is 14.9 Å². The molecule has 0 fully saturated rings. The first-order valence-corrected chi connectivity index (χ1v) is 6.49. The van der Waals surface area contributed by atoms with Crippen LogP contribution < -0.4 is 5.32 Å². The molecule has 0 bridgehead atoms. The lowest BCUT2D eigenvalue weighted by atomic mass is 10.1. The third-order valence-electron chi connectivity index (χ3n) is 2.85. The third kappa shape index (κ3) is 3.98. The van der Waals surface area contributed by atoms with E-state index in [-0.39, 0.29) is 16.3 Å². The van der Waals surface area contributed by atoms with Crippen LogP contribution in [0.2, 0.25) is 5.02 Å². The minimum atomic E-state index is -4.54. The summed E-state index contributed by atoms with van der Waals surface area (Å²) in [5.74, 6) is -0.788. The normalized spacial score (nSPS) is 11.1. The number of hydrogen-bond donors (Lipinski definition) is 1. The Hall–Kier alpha value is -2.61. The van der Waals surface area contributed by atoms with Gasteiger partial charge >= 0.3 is 6.18 Å². The summed E-state index contributed by atoms with van der Waals surface area (Å²) in [5.41, 5.74) is -1.57. The molecule has 0 saturated heterocycles. The van der Waals surface area contributed by atoms with Crippen molar-refractivity contribution in [2.45, 2.75) is 6.18 Å².